The lowest BCUT2D eigenvalue weighted by molar-refractivity contribution is -0.122. The lowest BCUT2D eigenvalue weighted by Crippen LogP contribution is -2.45. The molecule has 3 aromatic carbocycles. The predicted molar refractivity (Wildman–Crippen MR) is 140 cm³/mol. The van der Waals surface area contributed by atoms with Crippen molar-refractivity contribution in [3.05, 3.63) is 96.7 Å². The van der Waals surface area contributed by atoms with Crippen molar-refractivity contribution >= 4 is 38.6 Å². The molecule has 4 aromatic rings. The van der Waals surface area contributed by atoms with Gasteiger partial charge in [0, 0.05) is 30.4 Å². The van der Waals surface area contributed by atoms with Crippen LogP contribution in [0, 0.1) is 0 Å². The molecule has 1 aliphatic heterocycles. The van der Waals surface area contributed by atoms with Crippen LogP contribution in [-0.2, 0) is 21.2 Å². The number of hydrogen-bond acceptors (Lipinski definition) is 5. The number of hydrogen-bond donors (Lipinski definition) is 1. The highest BCUT2D eigenvalue weighted by atomic mass is 32.2. The summed E-state index contributed by atoms with van der Waals surface area (Å²) in [6.07, 6.45) is 2.23. The van der Waals surface area contributed by atoms with Crippen LogP contribution in [0.3, 0.4) is 0 Å². The number of benzene rings is 3. The average molecular weight is 504 g/mol. The Hall–Kier alpha value is -3.20. The van der Waals surface area contributed by atoms with Crippen molar-refractivity contribution in [3.63, 3.8) is 0 Å². The normalized spacial score (nSPS) is 16.4. The van der Waals surface area contributed by atoms with E-state index in [4.69, 9.17) is 0 Å². The van der Waals surface area contributed by atoms with Crippen molar-refractivity contribution in [2.45, 2.75) is 16.7 Å². The van der Waals surface area contributed by atoms with Crippen LogP contribution in [0.15, 0.2) is 96.0 Å². The van der Waals surface area contributed by atoms with E-state index in [9.17, 15) is 13.2 Å². The maximum atomic E-state index is 13.6. The first-order valence-electron chi connectivity index (χ1n) is 11.4. The van der Waals surface area contributed by atoms with Crippen LogP contribution in [0.1, 0.15) is 5.56 Å². The zero-order valence-corrected chi connectivity index (χ0v) is 20.6. The third-order valence-electron chi connectivity index (χ3n) is 6.05. The Morgan fingerprint density at radius 2 is 1.74 bits per heavy atom. The van der Waals surface area contributed by atoms with Gasteiger partial charge in [-0.3, -0.25) is 9.78 Å². The topological polar surface area (TPSA) is 79.4 Å². The van der Waals surface area contributed by atoms with E-state index in [1.807, 2.05) is 42.5 Å². The molecule has 8 heteroatoms. The highest BCUT2D eigenvalue weighted by Gasteiger charge is 2.40. The van der Waals surface area contributed by atoms with Crippen LogP contribution in [0.2, 0.25) is 0 Å². The lowest BCUT2D eigenvalue weighted by atomic mass is 9.98. The van der Waals surface area contributed by atoms with Crippen LogP contribution < -0.4 is 5.32 Å². The minimum absolute atomic E-state index is 0.132. The fourth-order valence-corrected chi connectivity index (χ4v) is 7.63. The summed E-state index contributed by atoms with van der Waals surface area (Å²) in [7, 11) is -3.89. The summed E-state index contributed by atoms with van der Waals surface area (Å²) in [5.74, 6) is 0.272. The van der Waals surface area contributed by atoms with Crippen molar-refractivity contribution in [1.29, 1.82) is 0 Å². The van der Waals surface area contributed by atoms with Gasteiger partial charge in [-0.2, -0.15) is 4.31 Å². The Bertz CT molecular complexity index is 1450. The van der Waals surface area contributed by atoms with Gasteiger partial charge in [-0.1, -0.05) is 72.8 Å². The molecule has 35 heavy (non-hydrogen) atoms. The number of amides is 1. The Balaban J connectivity index is 1.30. The molecular weight excluding hydrogens is 478 g/mol. The second-order valence-electron chi connectivity index (χ2n) is 8.23. The van der Waals surface area contributed by atoms with Gasteiger partial charge in [0.25, 0.3) is 0 Å². The molecule has 1 amide bonds. The number of para-hydroxylation sites is 1. The molecule has 178 valence electrons. The molecule has 0 radical (unpaired) electrons. The van der Waals surface area contributed by atoms with E-state index >= 15 is 0 Å². The van der Waals surface area contributed by atoms with E-state index in [0.717, 1.165) is 22.1 Å². The first kappa shape index (κ1) is 23.5. The number of nitrogens with zero attached hydrogens (tertiary/aromatic N) is 2. The number of carbonyl (C=O) groups is 1. The fraction of sp³-hybridized carbons (Fsp3) is 0.185. The quantitative estimate of drug-likeness (QED) is 0.406. The lowest BCUT2D eigenvalue weighted by Gasteiger charge is -2.23. The summed E-state index contributed by atoms with van der Waals surface area (Å²) in [6.45, 7) is 0.703. The van der Waals surface area contributed by atoms with E-state index in [-0.39, 0.29) is 17.3 Å². The molecule has 1 atom stereocenters. The van der Waals surface area contributed by atoms with Crippen molar-refractivity contribution in [2.75, 3.05) is 18.8 Å². The van der Waals surface area contributed by atoms with Crippen molar-refractivity contribution in [1.82, 2.24) is 14.6 Å². The fourth-order valence-electron chi connectivity index (χ4n) is 4.36. The average Bonchev–Trinajstić information content (AvgIpc) is 3.40. The Kier molecular flexibility index (Phi) is 6.86. The predicted octanol–water partition coefficient (Wildman–Crippen LogP) is 4.32. The second kappa shape index (κ2) is 10.2. The van der Waals surface area contributed by atoms with Crippen LogP contribution >= 0.6 is 11.8 Å². The summed E-state index contributed by atoms with van der Waals surface area (Å²) in [5.41, 5.74) is 3.81. The second-order valence-corrected chi connectivity index (χ2v) is 11.3. The van der Waals surface area contributed by atoms with E-state index < -0.39 is 15.4 Å². The number of thioether (sulfide) groups is 1. The summed E-state index contributed by atoms with van der Waals surface area (Å²) in [5, 5.41) is 2.91. The summed E-state index contributed by atoms with van der Waals surface area (Å²) in [6, 6.07) is 27.0. The minimum atomic E-state index is -3.89. The Morgan fingerprint density at radius 1 is 0.971 bits per heavy atom. The minimum Gasteiger partial charge on any atom is -0.354 e. The number of aromatic nitrogens is 1. The first-order valence-corrected chi connectivity index (χ1v) is 13.9. The standard InChI is InChI=1S/C27H25N3O3S2/c31-26(29-17-15-21-10-4-5-13-23(21)20-8-2-1-3-9-20)27-30(18-19-34-27)35(32,33)24-14-6-11-22-12-7-16-28-25(22)24/h1-14,16,27H,15,17-19H2,(H,29,31). The molecule has 0 saturated carbocycles. The van der Waals surface area contributed by atoms with Crippen LogP contribution in [0.4, 0.5) is 0 Å². The van der Waals surface area contributed by atoms with Gasteiger partial charge in [-0.25, -0.2) is 8.42 Å². The molecule has 0 aliphatic carbocycles. The number of rotatable bonds is 7. The monoisotopic (exact) mass is 503 g/mol. The van der Waals surface area contributed by atoms with Crippen LogP contribution in [0.25, 0.3) is 22.0 Å². The zero-order chi connectivity index (χ0) is 24.3. The molecule has 1 fully saturated rings. The van der Waals surface area contributed by atoms with Gasteiger partial charge in [-0.15, -0.1) is 11.8 Å². The van der Waals surface area contributed by atoms with Gasteiger partial charge in [0.1, 0.15) is 10.3 Å². The summed E-state index contributed by atoms with van der Waals surface area (Å²) in [4.78, 5) is 17.5. The number of nitrogens with one attached hydrogen (secondary N) is 1. The number of pyridine rings is 1. The largest absolute Gasteiger partial charge is 0.354 e. The van der Waals surface area contributed by atoms with Crippen molar-refractivity contribution in [3.8, 4) is 11.1 Å². The highest BCUT2D eigenvalue weighted by molar-refractivity contribution is 8.02. The number of sulfonamides is 1. The van der Waals surface area contributed by atoms with Gasteiger partial charge in [0.05, 0.1) is 5.52 Å². The molecule has 1 saturated heterocycles. The highest BCUT2D eigenvalue weighted by Crippen LogP contribution is 2.32. The molecule has 1 unspecified atom stereocenters. The summed E-state index contributed by atoms with van der Waals surface area (Å²) >= 11 is 1.35. The molecule has 2 heterocycles. The Morgan fingerprint density at radius 3 is 2.60 bits per heavy atom. The maximum Gasteiger partial charge on any atom is 0.248 e. The molecular formula is C27H25N3O3S2. The van der Waals surface area contributed by atoms with Gasteiger partial charge in [0.2, 0.25) is 15.9 Å². The molecule has 1 aliphatic rings. The van der Waals surface area contributed by atoms with Gasteiger partial charge in [-0.05, 0) is 35.2 Å². The maximum absolute atomic E-state index is 13.6. The van der Waals surface area contributed by atoms with E-state index in [2.05, 4.69) is 34.6 Å². The van der Waals surface area contributed by atoms with Crippen LogP contribution in [-0.4, -0.2) is 47.8 Å². The van der Waals surface area contributed by atoms with Gasteiger partial charge < -0.3 is 5.32 Å². The molecule has 5 rings (SSSR count). The number of carbonyl (C=O) groups excluding carboxylic acids is 1. The third kappa shape index (κ3) is 4.82. The number of fused-ring (bicyclic) bond motifs is 1. The first-order chi connectivity index (χ1) is 17.1. The summed E-state index contributed by atoms with van der Waals surface area (Å²) < 4.78 is 28.4. The van der Waals surface area contributed by atoms with E-state index in [1.54, 1.807) is 24.4 Å². The Labute approximate surface area is 209 Å². The molecule has 6 nitrogen and oxygen atoms in total. The van der Waals surface area contributed by atoms with Crippen molar-refractivity contribution in [2.24, 2.45) is 0 Å². The SMILES string of the molecule is O=C(NCCc1ccccc1-c1ccccc1)C1SCCN1S(=O)(=O)c1cccc2cccnc12. The van der Waals surface area contributed by atoms with Gasteiger partial charge in [0.15, 0.2) is 0 Å². The van der Waals surface area contributed by atoms with Gasteiger partial charge >= 0.3 is 0 Å². The zero-order valence-electron chi connectivity index (χ0n) is 19.0. The van der Waals surface area contributed by atoms with E-state index in [0.29, 0.717) is 24.2 Å². The van der Waals surface area contributed by atoms with E-state index in [1.165, 1.54) is 16.1 Å². The van der Waals surface area contributed by atoms with Crippen LogP contribution in [0.5, 0.6) is 0 Å². The van der Waals surface area contributed by atoms with Crippen molar-refractivity contribution < 1.29 is 13.2 Å². The smallest absolute Gasteiger partial charge is 0.248 e. The molecule has 1 N–H and O–H groups in total. The third-order valence-corrected chi connectivity index (χ3v) is 9.28. The molecule has 0 bridgehead atoms. The molecule has 0 spiro atoms. The molecule has 1 aromatic heterocycles.